The molecular weight excluding hydrogens is 390 g/mol. The van der Waals surface area contributed by atoms with E-state index in [4.69, 9.17) is 4.98 Å². The summed E-state index contributed by atoms with van der Waals surface area (Å²) < 4.78 is 27.5. The van der Waals surface area contributed by atoms with Crippen LogP contribution in [0.2, 0.25) is 0 Å². The van der Waals surface area contributed by atoms with Crippen molar-refractivity contribution in [3.05, 3.63) is 45.9 Å². The zero-order valence-corrected chi connectivity index (χ0v) is 18.9. The second-order valence-corrected chi connectivity index (χ2v) is 11.3. The molecule has 1 aliphatic heterocycles. The number of piperazine rings is 1. The average molecular weight is 422 g/mol. The van der Waals surface area contributed by atoms with Crippen molar-refractivity contribution in [2.24, 2.45) is 0 Å². The molecular formula is C21H31N3O2S2. The second kappa shape index (κ2) is 8.61. The summed E-state index contributed by atoms with van der Waals surface area (Å²) in [5.41, 5.74) is 2.37. The van der Waals surface area contributed by atoms with Gasteiger partial charge in [-0.25, -0.2) is 13.4 Å². The van der Waals surface area contributed by atoms with Crippen molar-refractivity contribution in [2.45, 2.75) is 57.4 Å². The van der Waals surface area contributed by atoms with Gasteiger partial charge in [-0.2, -0.15) is 4.31 Å². The first-order valence-corrected chi connectivity index (χ1v) is 12.3. The first kappa shape index (κ1) is 21.4. The molecule has 2 heterocycles. The molecule has 0 bridgehead atoms. The van der Waals surface area contributed by atoms with Gasteiger partial charge in [-0.05, 0) is 24.1 Å². The molecule has 1 aromatic heterocycles. The quantitative estimate of drug-likeness (QED) is 0.710. The van der Waals surface area contributed by atoms with Crippen LogP contribution in [0.5, 0.6) is 0 Å². The van der Waals surface area contributed by atoms with Gasteiger partial charge in [0.1, 0.15) is 5.01 Å². The molecule has 0 aliphatic carbocycles. The van der Waals surface area contributed by atoms with Crippen molar-refractivity contribution < 1.29 is 8.42 Å². The molecule has 0 amide bonds. The standard InChI is InChI=1S/C21H31N3O2S2/c1-5-6-17-7-9-18(10-8-17)28(25,26)24-13-11-23(12-14-24)15-20-22-19(16-27-20)21(2,3)4/h7-10,16H,5-6,11-15H2,1-4H3. The van der Waals surface area contributed by atoms with Gasteiger partial charge in [-0.15, -0.1) is 11.3 Å². The summed E-state index contributed by atoms with van der Waals surface area (Å²) in [6.07, 6.45) is 2.04. The summed E-state index contributed by atoms with van der Waals surface area (Å²) in [4.78, 5) is 7.45. The molecule has 1 saturated heterocycles. The molecule has 154 valence electrons. The van der Waals surface area contributed by atoms with Crippen LogP contribution in [0.1, 0.15) is 50.4 Å². The fourth-order valence-electron chi connectivity index (χ4n) is 3.31. The Kier molecular flexibility index (Phi) is 6.59. The van der Waals surface area contributed by atoms with Crippen molar-refractivity contribution in [3.63, 3.8) is 0 Å². The van der Waals surface area contributed by atoms with Gasteiger partial charge >= 0.3 is 0 Å². The van der Waals surface area contributed by atoms with E-state index >= 15 is 0 Å². The van der Waals surface area contributed by atoms with E-state index in [0.717, 1.165) is 43.2 Å². The highest BCUT2D eigenvalue weighted by molar-refractivity contribution is 7.89. The Bertz CT molecular complexity index is 875. The maximum atomic E-state index is 12.9. The summed E-state index contributed by atoms with van der Waals surface area (Å²) in [6.45, 7) is 11.9. The lowest BCUT2D eigenvalue weighted by Gasteiger charge is -2.33. The third-order valence-corrected chi connectivity index (χ3v) is 7.86. The van der Waals surface area contributed by atoms with E-state index in [1.807, 2.05) is 12.1 Å². The molecule has 7 heteroatoms. The van der Waals surface area contributed by atoms with Gasteiger partial charge in [0, 0.05) is 37.0 Å². The first-order chi connectivity index (χ1) is 13.2. The molecule has 0 unspecified atom stereocenters. The number of nitrogens with zero attached hydrogens (tertiary/aromatic N) is 3. The smallest absolute Gasteiger partial charge is 0.243 e. The van der Waals surface area contributed by atoms with E-state index in [1.54, 1.807) is 27.8 Å². The Balaban J connectivity index is 1.59. The van der Waals surface area contributed by atoms with E-state index in [-0.39, 0.29) is 5.41 Å². The lowest BCUT2D eigenvalue weighted by molar-refractivity contribution is 0.181. The number of thiazole rings is 1. The Hall–Kier alpha value is -1.28. The van der Waals surface area contributed by atoms with Crippen molar-refractivity contribution in [2.75, 3.05) is 26.2 Å². The monoisotopic (exact) mass is 421 g/mol. The summed E-state index contributed by atoms with van der Waals surface area (Å²) in [5.74, 6) is 0. The lowest BCUT2D eigenvalue weighted by atomic mass is 9.93. The molecule has 1 aromatic carbocycles. The molecule has 0 N–H and O–H groups in total. The Morgan fingerprint density at radius 2 is 1.71 bits per heavy atom. The number of benzene rings is 1. The van der Waals surface area contributed by atoms with Gasteiger partial charge < -0.3 is 0 Å². The molecule has 3 rings (SSSR count). The van der Waals surface area contributed by atoms with Crippen LogP contribution in [0.25, 0.3) is 0 Å². The largest absolute Gasteiger partial charge is 0.294 e. The topological polar surface area (TPSA) is 53.5 Å². The normalized spacial score (nSPS) is 17.1. The predicted molar refractivity (Wildman–Crippen MR) is 115 cm³/mol. The van der Waals surface area contributed by atoms with Crippen LogP contribution in [0.3, 0.4) is 0 Å². The van der Waals surface area contributed by atoms with Crippen molar-refractivity contribution in [1.82, 2.24) is 14.2 Å². The number of aromatic nitrogens is 1. The van der Waals surface area contributed by atoms with Crippen LogP contribution in [-0.2, 0) is 28.4 Å². The van der Waals surface area contributed by atoms with Gasteiger partial charge in [-0.3, -0.25) is 4.90 Å². The number of hydrogen-bond donors (Lipinski definition) is 0. The average Bonchev–Trinajstić information content (AvgIpc) is 3.12. The predicted octanol–water partition coefficient (Wildman–Crippen LogP) is 3.90. The maximum absolute atomic E-state index is 12.9. The fourth-order valence-corrected chi connectivity index (χ4v) is 5.80. The minimum atomic E-state index is -3.41. The highest BCUT2D eigenvalue weighted by Crippen LogP contribution is 2.25. The van der Waals surface area contributed by atoms with Gasteiger partial charge in [0.2, 0.25) is 10.0 Å². The molecule has 0 saturated carbocycles. The number of hydrogen-bond acceptors (Lipinski definition) is 5. The van der Waals surface area contributed by atoms with Crippen molar-refractivity contribution >= 4 is 21.4 Å². The second-order valence-electron chi connectivity index (χ2n) is 8.45. The van der Waals surface area contributed by atoms with Crippen LogP contribution in [0.15, 0.2) is 34.5 Å². The molecule has 1 fully saturated rings. The molecule has 28 heavy (non-hydrogen) atoms. The van der Waals surface area contributed by atoms with Gasteiger partial charge in [0.25, 0.3) is 0 Å². The minimum absolute atomic E-state index is 0.0637. The number of aryl methyl sites for hydroxylation is 1. The Morgan fingerprint density at radius 3 is 2.25 bits per heavy atom. The number of rotatable bonds is 6. The van der Waals surface area contributed by atoms with Crippen molar-refractivity contribution in [1.29, 1.82) is 0 Å². The summed E-state index contributed by atoms with van der Waals surface area (Å²) in [7, 11) is -3.41. The minimum Gasteiger partial charge on any atom is -0.294 e. The summed E-state index contributed by atoms with van der Waals surface area (Å²) in [6, 6.07) is 7.36. The van der Waals surface area contributed by atoms with E-state index in [2.05, 4.69) is 38.0 Å². The zero-order valence-electron chi connectivity index (χ0n) is 17.3. The van der Waals surface area contributed by atoms with Crippen LogP contribution in [0.4, 0.5) is 0 Å². The number of sulfonamides is 1. The zero-order chi connectivity index (χ0) is 20.4. The van der Waals surface area contributed by atoms with Gasteiger partial charge in [0.15, 0.2) is 0 Å². The fraction of sp³-hybridized carbons (Fsp3) is 0.571. The van der Waals surface area contributed by atoms with E-state index in [1.165, 1.54) is 5.56 Å². The highest BCUT2D eigenvalue weighted by Gasteiger charge is 2.29. The summed E-state index contributed by atoms with van der Waals surface area (Å²) >= 11 is 1.69. The van der Waals surface area contributed by atoms with E-state index < -0.39 is 10.0 Å². The lowest BCUT2D eigenvalue weighted by Crippen LogP contribution is -2.48. The Labute approximate surface area is 173 Å². The maximum Gasteiger partial charge on any atom is 0.243 e. The molecule has 0 spiro atoms. The first-order valence-electron chi connectivity index (χ1n) is 9.96. The van der Waals surface area contributed by atoms with Crippen molar-refractivity contribution in [3.8, 4) is 0 Å². The molecule has 1 aliphatic rings. The highest BCUT2D eigenvalue weighted by atomic mass is 32.2. The van der Waals surface area contributed by atoms with Crippen LogP contribution in [0, 0.1) is 0 Å². The third-order valence-electron chi connectivity index (χ3n) is 5.11. The van der Waals surface area contributed by atoms with E-state index in [9.17, 15) is 8.42 Å². The Morgan fingerprint density at radius 1 is 1.07 bits per heavy atom. The van der Waals surface area contributed by atoms with Crippen LogP contribution < -0.4 is 0 Å². The third kappa shape index (κ3) is 5.00. The molecule has 0 radical (unpaired) electrons. The van der Waals surface area contributed by atoms with Gasteiger partial charge in [0.05, 0.1) is 17.1 Å². The van der Waals surface area contributed by atoms with Gasteiger partial charge in [-0.1, -0.05) is 46.2 Å². The molecule has 0 atom stereocenters. The molecule has 2 aromatic rings. The van der Waals surface area contributed by atoms with E-state index in [0.29, 0.717) is 18.0 Å². The molecule has 5 nitrogen and oxygen atoms in total. The van der Waals surface area contributed by atoms with Crippen LogP contribution >= 0.6 is 11.3 Å². The summed E-state index contributed by atoms with van der Waals surface area (Å²) in [5, 5.41) is 3.24. The van der Waals surface area contributed by atoms with Crippen LogP contribution in [-0.4, -0.2) is 48.8 Å². The SMILES string of the molecule is CCCc1ccc(S(=O)(=O)N2CCN(Cc3nc(C(C)(C)C)cs3)CC2)cc1.